The van der Waals surface area contributed by atoms with Crippen molar-refractivity contribution in [3.05, 3.63) is 30.0 Å². The number of benzene rings is 1. The molecule has 2 rings (SSSR count). The summed E-state index contributed by atoms with van der Waals surface area (Å²) in [5.41, 5.74) is 7.29. The van der Waals surface area contributed by atoms with Crippen LogP contribution in [0.3, 0.4) is 0 Å². The van der Waals surface area contributed by atoms with E-state index in [1.807, 2.05) is 19.1 Å². The molecule has 1 aliphatic rings. The maximum Gasteiger partial charge on any atom is 0.230 e. The van der Waals surface area contributed by atoms with E-state index >= 15 is 0 Å². The second-order valence-electron chi connectivity index (χ2n) is 3.09. The summed E-state index contributed by atoms with van der Waals surface area (Å²) in [5, 5.41) is 0. The molecule has 0 bridgehead atoms. The third kappa shape index (κ3) is 1.98. The van der Waals surface area contributed by atoms with Crippen LogP contribution >= 0.6 is 0 Å². The summed E-state index contributed by atoms with van der Waals surface area (Å²) in [4.78, 5) is 0. The van der Waals surface area contributed by atoms with E-state index in [0.717, 1.165) is 11.3 Å². The van der Waals surface area contributed by atoms with Crippen LogP contribution in [0.25, 0.3) is 5.76 Å². The lowest BCUT2D eigenvalue weighted by Gasteiger charge is -2.08. The molecular weight excluding hydrogens is 194 g/mol. The van der Waals surface area contributed by atoms with E-state index in [-0.39, 0.29) is 6.79 Å². The molecule has 1 aliphatic heterocycles. The Balaban J connectivity index is 2.32. The third-order valence-corrected chi connectivity index (χ3v) is 2.07. The monoisotopic (exact) mass is 207 g/mol. The molecule has 1 aromatic carbocycles. The molecule has 80 valence electrons. The van der Waals surface area contributed by atoms with Gasteiger partial charge in [-0.05, 0) is 25.1 Å². The molecule has 0 unspecified atom stereocenters. The van der Waals surface area contributed by atoms with Gasteiger partial charge in [-0.25, -0.2) is 0 Å². The molecular formula is C11H13NO3. The molecule has 0 saturated heterocycles. The normalized spacial score (nSPS) is 14.1. The second kappa shape index (κ2) is 4.13. The van der Waals surface area contributed by atoms with Crippen molar-refractivity contribution < 1.29 is 14.2 Å². The first-order valence-electron chi connectivity index (χ1n) is 4.78. The maximum atomic E-state index is 5.83. The summed E-state index contributed by atoms with van der Waals surface area (Å²) in [7, 11) is 0. The lowest BCUT2D eigenvalue weighted by Crippen LogP contribution is -1.97. The predicted octanol–water partition coefficient (Wildman–Crippen LogP) is 1.97. The number of hydrogen-bond donors (Lipinski definition) is 1. The molecule has 1 aromatic rings. The first kappa shape index (κ1) is 9.71. The van der Waals surface area contributed by atoms with Gasteiger partial charge in [-0.2, -0.15) is 0 Å². The zero-order chi connectivity index (χ0) is 10.7. The quantitative estimate of drug-likeness (QED) is 0.770. The molecule has 0 aliphatic carbocycles. The number of rotatable bonds is 3. The van der Waals surface area contributed by atoms with E-state index in [4.69, 9.17) is 19.9 Å². The van der Waals surface area contributed by atoms with Gasteiger partial charge in [0.05, 0.1) is 6.61 Å². The second-order valence-corrected chi connectivity index (χ2v) is 3.09. The zero-order valence-electron chi connectivity index (χ0n) is 8.53. The lowest BCUT2D eigenvalue weighted by atomic mass is 10.1. The Bertz CT molecular complexity index is 387. The van der Waals surface area contributed by atoms with Crippen LogP contribution in [0, 0.1) is 0 Å². The minimum absolute atomic E-state index is 0.244. The summed E-state index contributed by atoms with van der Waals surface area (Å²) in [6.07, 6.45) is 1.56. The smallest absolute Gasteiger partial charge is 0.230 e. The molecule has 0 aromatic heterocycles. The van der Waals surface area contributed by atoms with Gasteiger partial charge in [0.1, 0.15) is 12.0 Å². The van der Waals surface area contributed by atoms with Crippen LogP contribution in [0.15, 0.2) is 24.5 Å². The van der Waals surface area contributed by atoms with Gasteiger partial charge in [0.25, 0.3) is 0 Å². The number of nitrogen functional groups attached to an aromatic ring is 1. The van der Waals surface area contributed by atoms with Gasteiger partial charge in [-0.1, -0.05) is 0 Å². The fourth-order valence-corrected chi connectivity index (χ4v) is 1.39. The Labute approximate surface area is 88.2 Å². The van der Waals surface area contributed by atoms with Gasteiger partial charge >= 0.3 is 0 Å². The van der Waals surface area contributed by atoms with Gasteiger partial charge in [-0.15, -0.1) is 0 Å². The van der Waals surface area contributed by atoms with E-state index in [1.54, 1.807) is 12.3 Å². The summed E-state index contributed by atoms with van der Waals surface area (Å²) < 4.78 is 15.6. The molecule has 4 nitrogen and oxygen atoms in total. The minimum atomic E-state index is 0.244. The average molecular weight is 207 g/mol. The Morgan fingerprint density at radius 2 is 2.33 bits per heavy atom. The Kier molecular flexibility index (Phi) is 2.67. The number of nitrogens with two attached hydrogens (primary N) is 1. The van der Waals surface area contributed by atoms with E-state index in [0.29, 0.717) is 18.1 Å². The standard InChI is InChI=1S/C11H13NO3/c1-2-14-8-3-4-10(12)9(5-8)11-6-13-7-15-11/h3-6H,2,7,12H2,1H3. The molecule has 0 fully saturated rings. The van der Waals surface area contributed by atoms with Crippen molar-refractivity contribution in [3.8, 4) is 5.75 Å². The topological polar surface area (TPSA) is 53.7 Å². The van der Waals surface area contributed by atoms with Crippen molar-refractivity contribution in [2.24, 2.45) is 0 Å². The molecule has 15 heavy (non-hydrogen) atoms. The van der Waals surface area contributed by atoms with E-state index in [9.17, 15) is 0 Å². The molecule has 0 saturated carbocycles. The van der Waals surface area contributed by atoms with Crippen molar-refractivity contribution in [2.45, 2.75) is 6.92 Å². The highest BCUT2D eigenvalue weighted by molar-refractivity contribution is 5.72. The first-order chi connectivity index (χ1) is 7.31. The number of hydrogen-bond acceptors (Lipinski definition) is 4. The van der Waals surface area contributed by atoms with E-state index < -0.39 is 0 Å². The molecule has 0 radical (unpaired) electrons. The van der Waals surface area contributed by atoms with Crippen molar-refractivity contribution in [1.82, 2.24) is 0 Å². The summed E-state index contributed by atoms with van der Waals surface area (Å²) in [5.74, 6) is 1.42. The van der Waals surface area contributed by atoms with Gasteiger partial charge in [0.2, 0.25) is 6.79 Å². The largest absolute Gasteiger partial charge is 0.494 e. The summed E-state index contributed by atoms with van der Waals surface area (Å²) in [6.45, 7) is 2.80. The van der Waals surface area contributed by atoms with Crippen LogP contribution in [-0.4, -0.2) is 13.4 Å². The van der Waals surface area contributed by atoms with Gasteiger partial charge in [-0.3, -0.25) is 0 Å². The van der Waals surface area contributed by atoms with Crippen LogP contribution in [0.1, 0.15) is 12.5 Å². The predicted molar refractivity (Wildman–Crippen MR) is 57.0 cm³/mol. The minimum Gasteiger partial charge on any atom is -0.494 e. The number of anilines is 1. The van der Waals surface area contributed by atoms with E-state index in [2.05, 4.69) is 0 Å². The van der Waals surface area contributed by atoms with Gasteiger partial charge in [0, 0.05) is 11.3 Å². The zero-order valence-corrected chi connectivity index (χ0v) is 8.53. The highest BCUT2D eigenvalue weighted by Crippen LogP contribution is 2.29. The van der Waals surface area contributed by atoms with Crippen LogP contribution < -0.4 is 10.5 Å². The van der Waals surface area contributed by atoms with E-state index in [1.165, 1.54) is 0 Å². The highest BCUT2D eigenvalue weighted by Gasteiger charge is 2.13. The van der Waals surface area contributed by atoms with Gasteiger partial charge < -0.3 is 19.9 Å². The van der Waals surface area contributed by atoms with Crippen molar-refractivity contribution >= 4 is 11.4 Å². The SMILES string of the molecule is CCOc1ccc(N)c(C2=COCO2)c1. The van der Waals surface area contributed by atoms with Crippen LogP contribution in [-0.2, 0) is 9.47 Å². The highest BCUT2D eigenvalue weighted by atomic mass is 16.7. The van der Waals surface area contributed by atoms with Gasteiger partial charge in [0.15, 0.2) is 5.76 Å². The Morgan fingerprint density at radius 3 is 3.00 bits per heavy atom. The molecule has 2 N–H and O–H groups in total. The van der Waals surface area contributed by atoms with Crippen molar-refractivity contribution in [3.63, 3.8) is 0 Å². The summed E-state index contributed by atoms with van der Waals surface area (Å²) >= 11 is 0. The molecule has 4 heteroatoms. The van der Waals surface area contributed by atoms with Crippen molar-refractivity contribution in [2.75, 3.05) is 19.1 Å². The lowest BCUT2D eigenvalue weighted by molar-refractivity contribution is 0.100. The molecule has 1 heterocycles. The fourth-order valence-electron chi connectivity index (χ4n) is 1.39. The fraction of sp³-hybridized carbons (Fsp3) is 0.273. The van der Waals surface area contributed by atoms with Crippen LogP contribution in [0.5, 0.6) is 5.75 Å². The average Bonchev–Trinajstić information content (AvgIpc) is 2.74. The van der Waals surface area contributed by atoms with Crippen molar-refractivity contribution in [1.29, 1.82) is 0 Å². The Hall–Kier alpha value is -1.84. The molecule has 0 amide bonds. The van der Waals surface area contributed by atoms with Crippen LogP contribution in [0.4, 0.5) is 5.69 Å². The molecule has 0 spiro atoms. The van der Waals surface area contributed by atoms with Crippen LogP contribution in [0.2, 0.25) is 0 Å². The third-order valence-electron chi connectivity index (χ3n) is 2.07. The Morgan fingerprint density at radius 1 is 1.47 bits per heavy atom. The molecule has 0 atom stereocenters. The first-order valence-corrected chi connectivity index (χ1v) is 4.78. The summed E-state index contributed by atoms with van der Waals surface area (Å²) in [6, 6.07) is 5.47. The number of ether oxygens (including phenoxy) is 3. The maximum absolute atomic E-state index is 5.83.